The Bertz CT molecular complexity index is 858. The van der Waals surface area contributed by atoms with Crippen molar-refractivity contribution in [3.8, 4) is 0 Å². The summed E-state index contributed by atoms with van der Waals surface area (Å²) in [4.78, 5) is 24.7. The van der Waals surface area contributed by atoms with Crippen molar-refractivity contribution in [1.82, 2.24) is 15.5 Å². The van der Waals surface area contributed by atoms with Crippen LogP contribution in [0.15, 0.2) is 40.3 Å². The van der Waals surface area contributed by atoms with Crippen molar-refractivity contribution in [3.05, 3.63) is 45.2 Å². The molecule has 23 heavy (non-hydrogen) atoms. The lowest BCUT2D eigenvalue weighted by atomic mass is 10.2. The molecule has 2 amide bonds. The maximum atomic E-state index is 11.9. The summed E-state index contributed by atoms with van der Waals surface area (Å²) in [6.45, 7) is -0.0666. The summed E-state index contributed by atoms with van der Waals surface area (Å²) >= 11 is 4.88. The molecule has 0 aliphatic rings. The molecule has 118 valence electrons. The maximum absolute atomic E-state index is 11.9. The van der Waals surface area contributed by atoms with E-state index in [9.17, 15) is 9.59 Å². The second-order valence-electron chi connectivity index (χ2n) is 4.87. The van der Waals surface area contributed by atoms with Gasteiger partial charge >= 0.3 is 0 Å². The number of carbonyl (C=O) groups excluding carboxylic acids is 2. The Morgan fingerprint density at radius 1 is 1.26 bits per heavy atom. The van der Waals surface area contributed by atoms with Crippen molar-refractivity contribution in [2.45, 2.75) is 6.42 Å². The van der Waals surface area contributed by atoms with Crippen LogP contribution >= 0.6 is 27.3 Å². The monoisotopic (exact) mass is 392 g/mol. The zero-order chi connectivity index (χ0) is 16.2. The van der Waals surface area contributed by atoms with Crippen LogP contribution in [-0.2, 0) is 16.0 Å². The number of rotatable bonds is 5. The van der Waals surface area contributed by atoms with E-state index in [1.54, 1.807) is 18.3 Å². The Morgan fingerprint density at radius 2 is 2.13 bits per heavy atom. The van der Waals surface area contributed by atoms with Crippen molar-refractivity contribution < 1.29 is 9.59 Å². The lowest BCUT2D eigenvalue weighted by Crippen LogP contribution is -2.33. The van der Waals surface area contributed by atoms with Crippen molar-refractivity contribution in [2.24, 2.45) is 0 Å². The van der Waals surface area contributed by atoms with Gasteiger partial charge in [0.15, 0.2) is 0 Å². The quantitative estimate of drug-likeness (QED) is 0.623. The van der Waals surface area contributed by atoms with Crippen LogP contribution in [0.5, 0.6) is 0 Å². The summed E-state index contributed by atoms with van der Waals surface area (Å²) in [6.07, 6.45) is 1.97. The molecular weight excluding hydrogens is 380 g/mol. The molecule has 0 spiro atoms. The number of nitrogens with zero attached hydrogens (tertiary/aromatic N) is 1. The van der Waals surface area contributed by atoms with E-state index < -0.39 is 0 Å². The molecule has 0 saturated heterocycles. The highest BCUT2D eigenvalue weighted by Gasteiger charge is 2.10. The number of aromatic nitrogens is 2. The lowest BCUT2D eigenvalue weighted by molar-refractivity contribution is -0.123. The molecule has 0 unspecified atom stereocenters. The molecule has 0 aliphatic carbocycles. The summed E-state index contributed by atoms with van der Waals surface area (Å²) in [6, 6.07) is 7.35. The summed E-state index contributed by atoms with van der Waals surface area (Å²) in [5, 5.41) is 15.0. The van der Waals surface area contributed by atoms with E-state index in [4.69, 9.17) is 0 Å². The van der Waals surface area contributed by atoms with Gasteiger partial charge in [0, 0.05) is 20.4 Å². The van der Waals surface area contributed by atoms with Gasteiger partial charge in [-0.2, -0.15) is 5.10 Å². The number of carbonyl (C=O) groups is 2. The van der Waals surface area contributed by atoms with Crippen molar-refractivity contribution in [2.75, 3.05) is 11.9 Å². The molecule has 3 aromatic rings. The Kier molecular flexibility index (Phi) is 4.73. The van der Waals surface area contributed by atoms with Crippen LogP contribution in [0, 0.1) is 0 Å². The van der Waals surface area contributed by atoms with E-state index in [0.29, 0.717) is 5.69 Å². The first kappa shape index (κ1) is 15.7. The zero-order valence-electron chi connectivity index (χ0n) is 11.9. The topological polar surface area (TPSA) is 86.9 Å². The third-order valence-electron chi connectivity index (χ3n) is 3.18. The molecule has 2 aromatic heterocycles. The van der Waals surface area contributed by atoms with Crippen LogP contribution in [0.25, 0.3) is 10.9 Å². The molecule has 3 N–H and O–H groups in total. The van der Waals surface area contributed by atoms with E-state index in [1.807, 2.05) is 17.5 Å². The minimum atomic E-state index is -0.275. The summed E-state index contributed by atoms with van der Waals surface area (Å²) in [7, 11) is 0. The number of anilines is 1. The number of fused-ring (bicyclic) bond motifs is 1. The predicted octanol–water partition coefficient (Wildman–Crippen LogP) is 2.68. The van der Waals surface area contributed by atoms with Crippen LogP contribution in [-0.4, -0.2) is 28.6 Å². The van der Waals surface area contributed by atoms with Crippen LogP contribution in [0.3, 0.4) is 0 Å². The second kappa shape index (κ2) is 6.93. The third-order valence-corrected chi connectivity index (χ3v) is 5.11. The summed E-state index contributed by atoms with van der Waals surface area (Å²) in [5.74, 6) is -0.463. The fourth-order valence-electron chi connectivity index (χ4n) is 2.06. The normalized spacial score (nSPS) is 10.7. The number of hydrogen-bond acceptors (Lipinski definition) is 4. The number of benzene rings is 1. The van der Waals surface area contributed by atoms with E-state index in [0.717, 1.165) is 20.3 Å². The number of halogens is 1. The highest BCUT2D eigenvalue weighted by Crippen LogP contribution is 2.22. The third kappa shape index (κ3) is 3.96. The first-order valence-corrected chi connectivity index (χ1v) is 8.50. The molecule has 0 bridgehead atoms. The maximum Gasteiger partial charge on any atom is 0.243 e. The van der Waals surface area contributed by atoms with Crippen molar-refractivity contribution in [1.29, 1.82) is 0 Å². The molecule has 6 nitrogen and oxygen atoms in total. The number of H-pyrrole nitrogens is 1. The zero-order valence-corrected chi connectivity index (χ0v) is 14.3. The van der Waals surface area contributed by atoms with Crippen LogP contribution in [0.2, 0.25) is 0 Å². The van der Waals surface area contributed by atoms with E-state index in [1.165, 1.54) is 11.3 Å². The Morgan fingerprint density at radius 3 is 2.91 bits per heavy atom. The van der Waals surface area contributed by atoms with E-state index in [-0.39, 0.29) is 24.8 Å². The fraction of sp³-hybridized carbons (Fsp3) is 0.133. The first-order valence-electron chi connectivity index (χ1n) is 6.83. The van der Waals surface area contributed by atoms with Crippen molar-refractivity contribution in [3.63, 3.8) is 0 Å². The van der Waals surface area contributed by atoms with Gasteiger partial charge in [0.25, 0.3) is 0 Å². The minimum Gasteiger partial charge on any atom is -0.347 e. The van der Waals surface area contributed by atoms with Gasteiger partial charge in [-0.25, -0.2) is 0 Å². The van der Waals surface area contributed by atoms with Gasteiger partial charge in [0.05, 0.1) is 24.7 Å². The number of hydrogen-bond donors (Lipinski definition) is 3. The number of aromatic amines is 1. The van der Waals surface area contributed by atoms with E-state index in [2.05, 4.69) is 36.8 Å². The Balaban J connectivity index is 1.51. The molecule has 0 radical (unpaired) electrons. The van der Waals surface area contributed by atoms with Crippen LogP contribution < -0.4 is 10.6 Å². The molecule has 8 heteroatoms. The first-order chi connectivity index (χ1) is 11.1. The fourth-order valence-corrected chi connectivity index (χ4v) is 3.55. The minimum absolute atomic E-state index is 0.0666. The van der Waals surface area contributed by atoms with E-state index >= 15 is 0 Å². The summed E-state index contributed by atoms with van der Waals surface area (Å²) < 4.78 is 0.912. The molecule has 2 heterocycles. The molecular formula is C15H13BrN4O2S. The van der Waals surface area contributed by atoms with Gasteiger partial charge in [-0.05, 0) is 45.6 Å². The highest BCUT2D eigenvalue weighted by molar-refractivity contribution is 9.10. The largest absolute Gasteiger partial charge is 0.347 e. The molecule has 0 aliphatic heterocycles. The van der Waals surface area contributed by atoms with Gasteiger partial charge in [-0.3, -0.25) is 14.7 Å². The second-order valence-corrected chi connectivity index (χ2v) is 6.72. The SMILES string of the molecule is O=C(Cc1sccc1Br)NCC(=O)Nc1ccc2cn[nH]c2c1. The van der Waals surface area contributed by atoms with Gasteiger partial charge < -0.3 is 10.6 Å². The smallest absolute Gasteiger partial charge is 0.243 e. The number of amides is 2. The Labute approximate surface area is 144 Å². The lowest BCUT2D eigenvalue weighted by Gasteiger charge is -2.07. The Hall–Kier alpha value is -2.19. The molecule has 0 fully saturated rings. The standard InChI is InChI=1S/C15H13BrN4O2S/c16-11-3-4-23-13(11)6-14(21)17-8-15(22)19-10-2-1-9-7-18-20-12(9)5-10/h1-5,7H,6,8H2,(H,17,21)(H,18,20)(H,19,22). The van der Waals surface area contributed by atoms with Crippen molar-refractivity contribution >= 4 is 55.7 Å². The molecule has 0 saturated carbocycles. The van der Waals surface area contributed by atoms with Gasteiger partial charge in [0.1, 0.15) is 0 Å². The van der Waals surface area contributed by atoms with Crippen LogP contribution in [0.1, 0.15) is 4.88 Å². The van der Waals surface area contributed by atoms with Gasteiger partial charge in [-0.1, -0.05) is 0 Å². The van der Waals surface area contributed by atoms with Gasteiger partial charge in [-0.15, -0.1) is 11.3 Å². The van der Waals surface area contributed by atoms with Gasteiger partial charge in [0.2, 0.25) is 11.8 Å². The predicted molar refractivity (Wildman–Crippen MR) is 93.5 cm³/mol. The van der Waals surface area contributed by atoms with Crippen LogP contribution in [0.4, 0.5) is 5.69 Å². The number of nitrogens with one attached hydrogen (secondary N) is 3. The molecule has 1 aromatic carbocycles. The summed E-state index contributed by atoms with van der Waals surface area (Å²) in [5.41, 5.74) is 1.50. The average Bonchev–Trinajstić information content (AvgIpc) is 3.14. The number of thiophene rings is 1. The molecule has 3 rings (SSSR count). The molecule has 0 atom stereocenters. The highest BCUT2D eigenvalue weighted by atomic mass is 79.9. The average molecular weight is 393 g/mol.